The highest BCUT2D eigenvalue weighted by atomic mass is 15.2. The van der Waals surface area contributed by atoms with E-state index >= 15 is 0 Å². The van der Waals surface area contributed by atoms with Crippen LogP contribution in [0.3, 0.4) is 0 Å². The molecule has 0 bridgehead atoms. The summed E-state index contributed by atoms with van der Waals surface area (Å²) >= 11 is 0. The second-order valence-corrected chi connectivity index (χ2v) is 4.97. The molecule has 0 saturated heterocycles. The summed E-state index contributed by atoms with van der Waals surface area (Å²) in [7, 11) is 0. The zero-order valence-electron chi connectivity index (χ0n) is 10.4. The summed E-state index contributed by atoms with van der Waals surface area (Å²) in [5, 5.41) is 7.31. The number of amidine groups is 1. The average molecular weight is 231 g/mol. The molecule has 0 aliphatic heterocycles. The third-order valence-electron chi connectivity index (χ3n) is 3.20. The second kappa shape index (κ2) is 5.32. The number of nitrogens with one attached hydrogen (secondary N) is 1. The smallest absolute Gasteiger partial charge is 0.0918 e. The van der Waals surface area contributed by atoms with E-state index in [1.807, 2.05) is 0 Å². The second-order valence-electron chi connectivity index (χ2n) is 4.97. The third-order valence-corrected chi connectivity index (χ3v) is 3.20. The first-order chi connectivity index (χ1) is 8.15. The highest BCUT2D eigenvalue weighted by Crippen LogP contribution is 2.28. The van der Waals surface area contributed by atoms with Crippen LogP contribution in [0.2, 0.25) is 0 Å². The summed E-state index contributed by atoms with van der Waals surface area (Å²) in [6.07, 6.45) is 3.27. The van der Waals surface area contributed by atoms with Crippen LogP contribution < -0.4 is 5.73 Å². The van der Waals surface area contributed by atoms with Gasteiger partial charge in [0.25, 0.3) is 0 Å². The molecule has 0 amide bonds. The van der Waals surface area contributed by atoms with E-state index < -0.39 is 0 Å². The lowest BCUT2D eigenvalue weighted by molar-refractivity contribution is 0.262. The molecule has 0 atom stereocenters. The van der Waals surface area contributed by atoms with Gasteiger partial charge in [0.15, 0.2) is 0 Å². The number of nitrogens with zero attached hydrogens (tertiary/aromatic N) is 1. The van der Waals surface area contributed by atoms with Crippen LogP contribution >= 0.6 is 0 Å². The molecule has 0 radical (unpaired) electrons. The fourth-order valence-corrected chi connectivity index (χ4v) is 2.14. The number of aryl methyl sites for hydroxylation is 1. The van der Waals surface area contributed by atoms with E-state index in [9.17, 15) is 0 Å². The predicted molar refractivity (Wildman–Crippen MR) is 71.1 cm³/mol. The number of hydrogen-bond acceptors (Lipinski definition) is 2. The Hall–Kier alpha value is -1.35. The quantitative estimate of drug-likeness (QED) is 0.583. The maximum atomic E-state index is 7.31. The fraction of sp³-hybridized carbons (Fsp3) is 0.500. The average Bonchev–Trinajstić information content (AvgIpc) is 3.07. The fourth-order valence-electron chi connectivity index (χ4n) is 2.14. The van der Waals surface area contributed by atoms with Gasteiger partial charge in [0.05, 0.1) is 5.84 Å². The predicted octanol–water partition coefficient (Wildman–Crippen LogP) is 2.29. The van der Waals surface area contributed by atoms with Crippen LogP contribution in [0.5, 0.6) is 0 Å². The van der Waals surface area contributed by atoms with E-state index in [1.54, 1.807) is 0 Å². The van der Waals surface area contributed by atoms with Gasteiger partial charge in [-0.3, -0.25) is 10.3 Å². The van der Waals surface area contributed by atoms with Crippen molar-refractivity contribution in [3.63, 3.8) is 0 Å². The van der Waals surface area contributed by atoms with Crippen molar-refractivity contribution in [3.8, 4) is 0 Å². The Morgan fingerprint density at radius 1 is 1.47 bits per heavy atom. The van der Waals surface area contributed by atoms with E-state index in [0.717, 1.165) is 19.1 Å². The molecule has 1 aliphatic rings. The highest BCUT2D eigenvalue weighted by molar-refractivity contribution is 5.76. The summed E-state index contributed by atoms with van der Waals surface area (Å²) in [6, 6.07) is 9.37. The summed E-state index contributed by atoms with van der Waals surface area (Å²) in [4.78, 5) is 2.45. The van der Waals surface area contributed by atoms with Gasteiger partial charge in [0.2, 0.25) is 0 Å². The van der Waals surface area contributed by atoms with Crippen LogP contribution in [0.25, 0.3) is 0 Å². The van der Waals surface area contributed by atoms with Gasteiger partial charge >= 0.3 is 0 Å². The Morgan fingerprint density at radius 2 is 2.24 bits per heavy atom. The Balaban J connectivity index is 1.95. The number of rotatable bonds is 6. The number of hydrogen-bond donors (Lipinski definition) is 2. The maximum Gasteiger partial charge on any atom is 0.0918 e. The van der Waals surface area contributed by atoms with Gasteiger partial charge in [-0.05, 0) is 25.3 Å². The number of benzene rings is 1. The van der Waals surface area contributed by atoms with Crippen molar-refractivity contribution in [2.45, 2.75) is 38.8 Å². The third kappa shape index (κ3) is 3.86. The van der Waals surface area contributed by atoms with E-state index in [2.05, 4.69) is 36.1 Å². The van der Waals surface area contributed by atoms with Gasteiger partial charge in [-0.1, -0.05) is 29.8 Å². The van der Waals surface area contributed by atoms with Crippen molar-refractivity contribution >= 4 is 5.84 Å². The van der Waals surface area contributed by atoms with Gasteiger partial charge in [-0.15, -0.1) is 0 Å². The molecule has 0 unspecified atom stereocenters. The lowest BCUT2D eigenvalue weighted by atomic mass is 10.1. The lowest BCUT2D eigenvalue weighted by Crippen LogP contribution is -2.29. The summed E-state index contributed by atoms with van der Waals surface area (Å²) in [6.45, 7) is 4.02. The molecule has 3 N–H and O–H groups in total. The molecule has 1 aliphatic carbocycles. The lowest BCUT2D eigenvalue weighted by Gasteiger charge is -2.21. The van der Waals surface area contributed by atoms with Crippen LogP contribution in [-0.2, 0) is 6.54 Å². The van der Waals surface area contributed by atoms with E-state index in [-0.39, 0.29) is 0 Å². The van der Waals surface area contributed by atoms with Crippen molar-refractivity contribution in [1.29, 1.82) is 5.41 Å². The summed E-state index contributed by atoms with van der Waals surface area (Å²) in [5.41, 5.74) is 8.11. The van der Waals surface area contributed by atoms with Gasteiger partial charge < -0.3 is 5.73 Å². The molecule has 0 spiro atoms. The minimum absolute atomic E-state index is 0.292. The van der Waals surface area contributed by atoms with Gasteiger partial charge in [-0.2, -0.15) is 0 Å². The van der Waals surface area contributed by atoms with Gasteiger partial charge in [0.1, 0.15) is 0 Å². The standard InChI is InChI=1S/C14H21N3/c1-11-3-2-4-12(9-11)10-17(13-5-6-13)8-7-14(15)16/h2-4,9,13H,5-8,10H2,1H3,(H3,15,16). The molecule has 1 saturated carbocycles. The monoisotopic (exact) mass is 231 g/mol. The Labute approximate surface area is 103 Å². The minimum Gasteiger partial charge on any atom is -0.388 e. The van der Waals surface area contributed by atoms with Crippen LogP contribution in [0.15, 0.2) is 24.3 Å². The molecular formula is C14H21N3. The highest BCUT2D eigenvalue weighted by Gasteiger charge is 2.28. The largest absolute Gasteiger partial charge is 0.388 e. The summed E-state index contributed by atoms with van der Waals surface area (Å²) < 4.78 is 0. The first kappa shape index (κ1) is 12.1. The zero-order valence-corrected chi connectivity index (χ0v) is 10.4. The molecule has 0 aromatic heterocycles. The molecule has 1 fully saturated rings. The molecule has 1 aromatic rings. The van der Waals surface area contributed by atoms with Crippen molar-refractivity contribution in [2.24, 2.45) is 5.73 Å². The molecular weight excluding hydrogens is 210 g/mol. The molecule has 3 heteroatoms. The van der Waals surface area contributed by atoms with Crippen molar-refractivity contribution in [3.05, 3.63) is 35.4 Å². The van der Waals surface area contributed by atoms with E-state index in [0.29, 0.717) is 12.3 Å². The first-order valence-electron chi connectivity index (χ1n) is 6.27. The minimum atomic E-state index is 0.292. The Morgan fingerprint density at radius 3 is 2.82 bits per heavy atom. The van der Waals surface area contributed by atoms with Crippen LogP contribution in [0.1, 0.15) is 30.4 Å². The van der Waals surface area contributed by atoms with Crippen LogP contribution in [0.4, 0.5) is 0 Å². The maximum absolute atomic E-state index is 7.31. The SMILES string of the molecule is Cc1cccc(CN(CCC(=N)N)C2CC2)c1. The molecule has 3 nitrogen and oxygen atoms in total. The summed E-state index contributed by atoms with van der Waals surface area (Å²) in [5.74, 6) is 0.292. The van der Waals surface area contributed by atoms with E-state index in [4.69, 9.17) is 11.1 Å². The first-order valence-corrected chi connectivity index (χ1v) is 6.27. The van der Waals surface area contributed by atoms with Gasteiger partial charge in [0, 0.05) is 25.6 Å². The Kier molecular flexibility index (Phi) is 3.79. The van der Waals surface area contributed by atoms with Crippen molar-refractivity contribution < 1.29 is 0 Å². The molecule has 0 heterocycles. The van der Waals surface area contributed by atoms with Crippen molar-refractivity contribution in [1.82, 2.24) is 4.90 Å². The molecule has 17 heavy (non-hydrogen) atoms. The molecule has 2 rings (SSSR count). The van der Waals surface area contributed by atoms with Gasteiger partial charge in [-0.25, -0.2) is 0 Å². The van der Waals surface area contributed by atoms with E-state index in [1.165, 1.54) is 24.0 Å². The molecule has 92 valence electrons. The number of nitrogens with two attached hydrogens (primary N) is 1. The van der Waals surface area contributed by atoms with Crippen LogP contribution in [0, 0.1) is 12.3 Å². The van der Waals surface area contributed by atoms with Crippen LogP contribution in [-0.4, -0.2) is 23.3 Å². The van der Waals surface area contributed by atoms with Crippen molar-refractivity contribution in [2.75, 3.05) is 6.54 Å². The Bertz CT molecular complexity index is 396. The normalized spacial score (nSPS) is 15.2. The molecule has 1 aromatic carbocycles. The zero-order chi connectivity index (χ0) is 12.3. The topological polar surface area (TPSA) is 53.1 Å².